The molecule has 1 saturated heterocycles. The minimum absolute atomic E-state index is 0.0875. The molecule has 0 aromatic heterocycles. The zero-order valence-electron chi connectivity index (χ0n) is 16.8. The molecule has 29 heavy (non-hydrogen) atoms. The van der Waals surface area contributed by atoms with Crippen LogP contribution in [0.2, 0.25) is 0 Å². The summed E-state index contributed by atoms with van der Waals surface area (Å²) < 4.78 is 38.7. The van der Waals surface area contributed by atoms with Crippen LogP contribution in [0.1, 0.15) is 31.1 Å². The van der Waals surface area contributed by atoms with Crippen molar-refractivity contribution in [3.8, 4) is 5.75 Å². The minimum Gasteiger partial charge on any atom is -0.492 e. The minimum atomic E-state index is -3.72. The number of anilines is 1. The summed E-state index contributed by atoms with van der Waals surface area (Å²) in [5.41, 5.74) is 0.787. The highest BCUT2D eigenvalue weighted by molar-refractivity contribution is 7.89. The van der Waals surface area contributed by atoms with Gasteiger partial charge < -0.3 is 14.8 Å². The molecule has 3 rings (SSSR count). The molecule has 0 bridgehead atoms. The lowest BCUT2D eigenvalue weighted by Gasteiger charge is -2.34. The number of carbonyl (C=O) groups excluding carboxylic acids is 1. The number of carbonyl (C=O) groups is 1. The topological polar surface area (TPSA) is 84.9 Å². The standard InChI is InChI=1S/C21H26N2O5S/c1-4-27-20-11-6-5-10-19(20)22-21(24)17-8-7-9-18(12-17)29(25,26)23-13-15(2)28-16(3)14-23/h5-12,15-16H,4,13-14H2,1-3H3,(H,22,24). The Balaban J connectivity index is 1.83. The predicted molar refractivity (Wildman–Crippen MR) is 111 cm³/mol. The summed E-state index contributed by atoms with van der Waals surface area (Å²) in [6.45, 7) is 6.59. The van der Waals surface area contributed by atoms with Gasteiger partial charge in [-0.05, 0) is 51.1 Å². The van der Waals surface area contributed by atoms with Crippen LogP contribution in [0.25, 0.3) is 0 Å². The molecule has 2 unspecified atom stereocenters. The third kappa shape index (κ3) is 4.95. The van der Waals surface area contributed by atoms with Crippen LogP contribution < -0.4 is 10.1 Å². The number of benzene rings is 2. The highest BCUT2D eigenvalue weighted by Gasteiger charge is 2.32. The molecule has 0 aliphatic carbocycles. The Kier molecular flexibility index (Phi) is 6.56. The van der Waals surface area contributed by atoms with Crippen LogP contribution in [0.4, 0.5) is 5.69 Å². The second-order valence-electron chi connectivity index (χ2n) is 6.99. The number of rotatable bonds is 6. The van der Waals surface area contributed by atoms with Gasteiger partial charge in [-0.15, -0.1) is 0 Å². The number of nitrogens with zero attached hydrogens (tertiary/aromatic N) is 1. The highest BCUT2D eigenvalue weighted by Crippen LogP contribution is 2.25. The van der Waals surface area contributed by atoms with E-state index in [1.165, 1.54) is 16.4 Å². The highest BCUT2D eigenvalue weighted by atomic mass is 32.2. The van der Waals surface area contributed by atoms with Gasteiger partial charge in [0, 0.05) is 18.7 Å². The van der Waals surface area contributed by atoms with Crippen molar-refractivity contribution in [1.29, 1.82) is 0 Å². The van der Waals surface area contributed by atoms with Gasteiger partial charge in [0.2, 0.25) is 10.0 Å². The average Bonchev–Trinajstić information content (AvgIpc) is 2.69. The molecule has 2 atom stereocenters. The van der Waals surface area contributed by atoms with Crippen molar-refractivity contribution in [2.45, 2.75) is 37.9 Å². The maximum Gasteiger partial charge on any atom is 0.255 e. The Hall–Kier alpha value is -2.42. The number of hydrogen-bond acceptors (Lipinski definition) is 5. The van der Waals surface area contributed by atoms with Crippen LogP contribution in [0.5, 0.6) is 5.75 Å². The van der Waals surface area contributed by atoms with Crippen molar-refractivity contribution in [3.63, 3.8) is 0 Å². The SMILES string of the molecule is CCOc1ccccc1NC(=O)c1cccc(S(=O)(=O)N2CC(C)OC(C)C2)c1. The van der Waals surface area contributed by atoms with Gasteiger partial charge in [0.15, 0.2) is 0 Å². The van der Waals surface area contributed by atoms with E-state index >= 15 is 0 Å². The molecule has 0 spiro atoms. The van der Waals surface area contributed by atoms with Crippen LogP contribution in [0.3, 0.4) is 0 Å². The summed E-state index contributed by atoms with van der Waals surface area (Å²) >= 11 is 0. The Morgan fingerprint density at radius 1 is 1.14 bits per heavy atom. The fourth-order valence-corrected chi connectivity index (χ4v) is 4.96. The monoisotopic (exact) mass is 418 g/mol. The van der Waals surface area contributed by atoms with E-state index in [4.69, 9.17) is 9.47 Å². The third-order valence-corrected chi connectivity index (χ3v) is 6.38. The van der Waals surface area contributed by atoms with Crippen LogP contribution in [0.15, 0.2) is 53.4 Å². The quantitative estimate of drug-likeness (QED) is 0.779. The lowest BCUT2D eigenvalue weighted by atomic mass is 10.2. The molecular weight excluding hydrogens is 392 g/mol. The van der Waals surface area contributed by atoms with Crippen LogP contribution in [-0.4, -0.2) is 50.5 Å². The van der Waals surface area contributed by atoms with Gasteiger partial charge in [0.05, 0.1) is 29.4 Å². The van der Waals surface area contributed by atoms with Crippen molar-refractivity contribution < 1.29 is 22.7 Å². The number of sulfonamides is 1. The maximum absolute atomic E-state index is 13.1. The van der Waals surface area contributed by atoms with Gasteiger partial charge in [-0.2, -0.15) is 4.31 Å². The first-order chi connectivity index (χ1) is 13.8. The van der Waals surface area contributed by atoms with Gasteiger partial charge in [0.25, 0.3) is 5.91 Å². The summed E-state index contributed by atoms with van der Waals surface area (Å²) in [4.78, 5) is 12.8. The van der Waals surface area contributed by atoms with Crippen molar-refractivity contribution in [2.24, 2.45) is 0 Å². The normalized spacial score (nSPS) is 20.2. The van der Waals surface area contributed by atoms with E-state index in [0.717, 1.165) is 0 Å². The number of para-hydroxylation sites is 2. The first-order valence-corrected chi connectivity index (χ1v) is 11.0. The largest absolute Gasteiger partial charge is 0.492 e. The summed E-state index contributed by atoms with van der Waals surface area (Å²) in [6, 6.07) is 13.2. The molecule has 1 fully saturated rings. The van der Waals surface area contributed by atoms with Gasteiger partial charge >= 0.3 is 0 Å². The summed E-state index contributed by atoms with van der Waals surface area (Å²) in [7, 11) is -3.72. The molecule has 0 radical (unpaired) electrons. The lowest BCUT2D eigenvalue weighted by Crippen LogP contribution is -2.48. The van der Waals surface area contributed by atoms with Crippen molar-refractivity contribution in [1.82, 2.24) is 4.31 Å². The van der Waals surface area contributed by atoms with Crippen molar-refractivity contribution >= 4 is 21.6 Å². The molecule has 1 aliphatic heterocycles. The number of morpholine rings is 1. The summed E-state index contributed by atoms with van der Waals surface area (Å²) in [5, 5.41) is 2.79. The van der Waals surface area contributed by atoms with E-state index in [1.54, 1.807) is 30.3 Å². The van der Waals surface area contributed by atoms with Crippen molar-refractivity contribution in [2.75, 3.05) is 25.0 Å². The van der Waals surface area contributed by atoms with Crippen LogP contribution >= 0.6 is 0 Å². The zero-order valence-corrected chi connectivity index (χ0v) is 17.6. The molecule has 8 heteroatoms. The number of amides is 1. The van der Waals surface area contributed by atoms with Crippen LogP contribution in [-0.2, 0) is 14.8 Å². The molecule has 7 nitrogen and oxygen atoms in total. The summed E-state index contributed by atoms with van der Waals surface area (Å²) in [5.74, 6) is 0.154. The van der Waals surface area contributed by atoms with E-state index in [1.807, 2.05) is 26.8 Å². The fourth-order valence-electron chi connectivity index (χ4n) is 3.32. The van der Waals surface area contributed by atoms with E-state index < -0.39 is 15.9 Å². The molecule has 156 valence electrons. The Morgan fingerprint density at radius 3 is 2.52 bits per heavy atom. The van der Waals surface area contributed by atoms with E-state index in [9.17, 15) is 13.2 Å². The molecular formula is C21H26N2O5S. The first-order valence-electron chi connectivity index (χ1n) is 9.60. The Morgan fingerprint density at radius 2 is 1.83 bits per heavy atom. The van der Waals surface area contributed by atoms with Gasteiger partial charge in [-0.1, -0.05) is 18.2 Å². The van der Waals surface area contributed by atoms with E-state index in [2.05, 4.69) is 5.32 Å². The molecule has 1 amide bonds. The first kappa shape index (κ1) is 21.3. The van der Waals surface area contributed by atoms with E-state index in [-0.39, 0.29) is 35.8 Å². The number of nitrogens with one attached hydrogen (secondary N) is 1. The van der Waals surface area contributed by atoms with Gasteiger partial charge in [-0.25, -0.2) is 8.42 Å². The van der Waals surface area contributed by atoms with E-state index in [0.29, 0.717) is 18.0 Å². The second kappa shape index (κ2) is 8.94. The molecule has 1 N–H and O–H groups in total. The molecule has 2 aromatic rings. The second-order valence-corrected chi connectivity index (χ2v) is 8.93. The van der Waals surface area contributed by atoms with Crippen LogP contribution in [0, 0.1) is 0 Å². The zero-order chi connectivity index (χ0) is 21.0. The number of ether oxygens (including phenoxy) is 2. The predicted octanol–water partition coefficient (Wildman–Crippen LogP) is 3.14. The summed E-state index contributed by atoms with van der Waals surface area (Å²) in [6.07, 6.45) is -0.370. The Labute approximate surface area is 171 Å². The average molecular weight is 419 g/mol. The molecule has 1 heterocycles. The van der Waals surface area contributed by atoms with Crippen molar-refractivity contribution in [3.05, 3.63) is 54.1 Å². The lowest BCUT2D eigenvalue weighted by molar-refractivity contribution is -0.0440. The smallest absolute Gasteiger partial charge is 0.255 e. The number of hydrogen-bond donors (Lipinski definition) is 1. The van der Waals surface area contributed by atoms with Gasteiger partial charge in [-0.3, -0.25) is 4.79 Å². The molecule has 2 aromatic carbocycles. The maximum atomic E-state index is 13.1. The third-order valence-electron chi connectivity index (χ3n) is 4.56. The molecule has 0 saturated carbocycles. The fraction of sp³-hybridized carbons (Fsp3) is 0.381. The van der Waals surface area contributed by atoms with Gasteiger partial charge in [0.1, 0.15) is 5.75 Å². The Bertz CT molecular complexity index is 967. The molecule has 1 aliphatic rings.